The zero-order valence-corrected chi connectivity index (χ0v) is 40.7. The molecule has 0 aliphatic heterocycles. The predicted molar refractivity (Wildman–Crippen MR) is 258 cm³/mol. The van der Waals surface area contributed by atoms with Gasteiger partial charge in [0, 0.05) is 31.5 Å². The first-order valence-electron chi connectivity index (χ1n) is 26.3. The van der Waals surface area contributed by atoms with E-state index in [2.05, 4.69) is 24.5 Å². The molecule has 1 saturated carbocycles. The third-order valence-corrected chi connectivity index (χ3v) is 13.5. The Morgan fingerprint density at radius 2 is 0.852 bits per heavy atom. The summed E-state index contributed by atoms with van der Waals surface area (Å²) >= 11 is 0. The third-order valence-electron chi connectivity index (χ3n) is 13.5. The van der Waals surface area contributed by atoms with Crippen molar-refractivity contribution in [1.29, 1.82) is 0 Å². The summed E-state index contributed by atoms with van der Waals surface area (Å²) in [5.74, 6) is -0.774. The van der Waals surface area contributed by atoms with Crippen LogP contribution >= 0.6 is 12.4 Å². The summed E-state index contributed by atoms with van der Waals surface area (Å²) in [5, 5.41) is 69.3. The maximum absolute atomic E-state index is 13.1. The topological polar surface area (TPSA) is 163 Å². The van der Waals surface area contributed by atoms with E-state index in [-0.39, 0.29) is 37.9 Å². The van der Waals surface area contributed by atoms with E-state index < -0.39 is 48.5 Å². The second kappa shape index (κ2) is 43.4. The molecule has 0 aromatic carbocycles. The Labute approximate surface area is 382 Å². The van der Waals surface area contributed by atoms with Crippen LogP contribution in [0.2, 0.25) is 0 Å². The van der Waals surface area contributed by atoms with Crippen LogP contribution in [0.5, 0.6) is 0 Å². The van der Waals surface area contributed by atoms with Gasteiger partial charge < -0.3 is 41.3 Å². The number of aliphatic hydroxyl groups is 6. The van der Waals surface area contributed by atoms with Crippen molar-refractivity contribution in [1.82, 2.24) is 10.6 Å². The molecule has 0 bridgehead atoms. The Kier molecular flexibility index (Phi) is 43.0. The first-order valence-corrected chi connectivity index (χ1v) is 26.3. The fourth-order valence-electron chi connectivity index (χ4n) is 9.23. The SMILES string of the molecule is CCCCCCCCCCCCCCCCCCCCCCCCCC(=O)N[C@@H](CN[C@H]1C[C@H](CO)[C@H](O)[C@H](O)[C@H]1O)[C@H](O)[C@H](O)CCCCCCCCCCCCCC.Cl. The molecule has 0 aromatic rings. The van der Waals surface area contributed by atoms with Gasteiger partial charge >= 0.3 is 0 Å². The second-order valence-corrected chi connectivity index (χ2v) is 19.1. The molecule has 10 heteroatoms. The molecule has 9 nitrogen and oxygen atoms in total. The maximum atomic E-state index is 13.1. The highest BCUT2D eigenvalue weighted by Gasteiger charge is 2.42. The highest BCUT2D eigenvalue weighted by atomic mass is 35.5. The van der Waals surface area contributed by atoms with Crippen molar-refractivity contribution in [2.75, 3.05) is 13.2 Å². The van der Waals surface area contributed by atoms with E-state index in [1.54, 1.807) is 0 Å². The van der Waals surface area contributed by atoms with Crippen LogP contribution in [0, 0.1) is 5.92 Å². The Morgan fingerprint density at radius 3 is 1.21 bits per heavy atom. The van der Waals surface area contributed by atoms with Crippen molar-refractivity contribution < 1.29 is 35.4 Å². The number of amides is 1. The van der Waals surface area contributed by atoms with Crippen molar-refractivity contribution in [3.63, 3.8) is 0 Å². The molecule has 0 heterocycles. The summed E-state index contributed by atoms with van der Waals surface area (Å²) in [5.41, 5.74) is 0. The molecule has 1 aliphatic carbocycles. The maximum Gasteiger partial charge on any atom is 0.220 e. The number of hydrogen-bond donors (Lipinski definition) is 8. The first kappa shape index (κ1) is 60.5. The molecule has 1 rings (SSSR count). The van der Waals surface area contributed by atoms with Gasteiger partial charge in [-0.3, -0.25) is 4.79 Å². The average Bonchev–Trinajstić information content (AvgIpc) is 3.25. The standard InChI is InChI=1S/C51H102N2O7.ClH/c1-3-5-7-9-11-13-15-17-18-19-20-21-22-23-24-25-26-27-29-31-33-35-37-39-47(56)53-45(41-52-44-40-43(42-54)48(57)51(60)50(44)59)49(58)46(55)38-36-34-32-30-28-16-14-12-10-8-6-4-2;/h43-46,48-52,54-55,57-60H,3-42H2,1-2H3,(H,53,56);1H/t43-,44+,45+,46-,48+,49+,50+,51+;/m1./s1. The lowest BCUT2D eigenvalue weighted by atomic mass is 9.79. The molecule has 0 saturated heterocycles. The quantitative estimate of drug-likeness (QED) is 0.0280. The van der Waals surface area contributed by atoms with Gasteiger partial charge in [0.1, 0.15) is 12.2 Å². The number of nitrogens with one attached hydrogen (secondary N) is 2. The fraction of sp³-hybridized carbons (Fsp3) is 0.980. The Bertz CT molecular complexity index is 933. The Hall–Kier alpha value is -0.520. The van der Waals surface area contributed by atoms with Crippen LogP contribution in [-0.4, -0.2) is 92.3 Å². The minimum Gasteiger partial charge on any atom is -0.396 e. The van der Waals surface area contributed by atoms with Crippen LogP contribution in [0.15, 0.2) is 0 Å². The van der Waals surface area contributed by atoms with Gasteiger partial charge in [0.15, 0.2) is 0 Å². The number of rotatable bonds is 44. The lowest BCUT2D eigenvalue weighted by Crippen LogP contribution is -2.61. The largest absolute Gasteiger partial charge is 0.396 e. The monoisotopic (exact) mass is 891 g/mol. The minimum absolute atomic E-state index is 0. The van der Waals surface area contributed by atoms with Crippen LogP contribution in [0.1, 0.15) is 258 Å². The van der Waals surface area contributed by atoms with Crippen LogP contribution in [0.3, 0.4) is 0 Å². The second-order valence-electron chi connectivity index (χ2n) is 19.1. The van der Waals surface area contributed by atoms with E-state index in [0.29, 0.717) is 12.8 Å². The van der Waals surface area contributed by atoms with Crippen LogP contribution in [0.4, 0.5) is 0 Å². The zero-order valence-electron chi connectivity index (χ0n) is 39.9. The van der Waals surface area contributed by atoms with Gasteiger partial charge in [0.25, 0.3) is 0 Å². The smallest absolute Gasteiger partial charge is 0.220 e. The molecule has 1 fully saturated rings. The van der Waals surface area contributed by atoms with Gasteiger partial charge in [0.2, 0.25) is 5.91 Å². The van der Waals surface area contributed by atoms with E-state index >= 15 is 0 Å². The van der Waals surface area contributed by atoms with E-state index in [0.717, 1.165) is 38.5 Å². The normalized spacial score (nSPS) is 20.6. The van der Waals surface area contributed by atoms with Crippen molar-refractivity contribution in [3.05, 3.63) is 0 Å². The van der Waals surface area contributed by atoms with Gasteiger partial charge in [-0.05, 0) is 19.3 Å². The molecule has 0 spiro atoms. The van der Waals surface area contributed by atoms with E-state index in [9.17, 15) is 35.4 Å². The van der Waals surface area contributed by atoms with Crippen LogP contribution < -0.4 is 10.6 Å². The molecule has 0 radical (unpaired) electrons. The lowest BCUT2D eigenvalue weighted by Gasteiger charge is -2.41. The summed E-state index contributed by atoms with van der Waals surface area (Å²) in [6, 6.07) is -1.44. The summed E-state index contributed by atoms with van der Waals surface area (Å²) in [7, 11) is 0. The van der Waals surface area contributed by atoms with Gasteiger partial charge in [0.05, 0.1) is 24.4 Å². The molecule has 1 amide bonds. The highest BCUT2D eigenvalue weighted by molar-refractivity contribution is 5.85. The van der Waals surface area contributed by atoms with Gasteiger partial charge in [-0.2, -0.15) is 0 Å². The van der Waals surface area contributed by atoms with Crippen molar-refractivity contribution >= 4 is 18.3 Å². The van der Waals surface area contributed by atoms with E-state index in [1.807, 2.05) is 0 Å². The molecule has 8 N–H and O–H groups in total. The average molecular weight is 892 g/mol. The summed E-state index contributed by atoms with van der Waals surface area (Å²) in [4.78, 5) is 13.1. The number of carbonyl (C=O) groups is 1. The first-order chi connectivity index (χ1) is 29.3. The minimum atomic E-state index is -1.42. The molecular weight excluding hydrogens is 788 g/mol. The van der Waals surface area contributed by atoms with Crippen molar-refractivity contribution in [2.24, 2.45) is 5.92 Å². The Balaban J connectivity index is 0.0000360. The number of halogens is 1. The van der Waals surface area contributed by atoms with Gasteiger partial charge in [-0.25, -0.2) is 0 Å². The number of carbonyl (C=O) groups excluding carboxylic acids is 1. The summed E-state index contributed by atoms with van der Waals surface area (Å²) in [6.07, 6.45) is 39.9. The fourth-order valence-corrected chi connectivity index (χ4v) is 9.23. The zero-order chi connectivity index (χ0) is 43.9. The third kappa shape index (κ3) is 32.7. The van der Waals surface area contributed by atoms with Crippen LogP contribution in [-0.2, 0) is 4.79 Å². The van der Waals surface area contributed by atoms with E-state index in [4.69, 9.17) is 0 Å². The highest BCUT2D eigenvalue weighted by Crippen LogP contribution is 2.26. The van der Waals surface area contributed by atoms with Crippen molar-refractivity contribution in [3.8, 4) is 0 Å². The molecule has 366 valence electrons. The number of hydrogen-bond acceptors (Lipinski definition) is 8. The Morgan fingerprint density at radius 1 is 0.508 bits per heavy atom. The van der Waals surface area contributed by atoms with Crippen LogP contribution in [0.25, 0.3) is 0 Å². The molecule has 8 atom stereocenters. The van der Waals surface area contributed by atoms with E-state index in [1.165, 1.54) is 186 Å². The predicted octanol–water partition coefficient (Wildman–Crippen LogP) is 11.1. The molecule has 61 heavy (non-hydrogen) atoms. The lowest BCUT2D eigenvalue weighted by molar-refractivity contribution is -0.131. The van der Waals surface area contributed by atoms with Crippen molar-refractivity contribution in [2.45, 2.75) is 300 Å². The summed E-state index contributed by atoms with van der Waals surface area (Å²) < 4.78 is 0. The molecule has 0 unspecified atom stereocenters. The number of aliphatic hydroxyl groups excluding tert-OH is 6. The number of unbranched alkanes of at least 4 members (excludes halogenated alkanes) is 33. The van der Waals surface area contributed by atoms with Gasteiger partial charge in [-0.1, -0.05) is 232 Å². The summed E-state index contributed by atoms with van der Waals surface area (Å²) in [6.45, 7) is 4.28. The molecule has 1 aliphatic rings. The molecule has 0 aromatic heterocycles. The van der Waals surface area contributed by atoms with Gasteiger partial charge in [-0.15, -0.1) is 12.4 Å². The molecular formula is C51H103ClN2O7.